The maximum Gasteiger partial charge on any atom is 0.225 e. The SMILES string of the molecule is CCS(=O)(=O)c1ccccc1NC(=O)CC(N)C(C)(C)C. The van der Waals surface area contributed by atoms with Gasteiger partial charge in [-0.15, -0.1) is 0 Å². The minimum atomic E-state index is -3.38. The third-order valence-electron chi connectivity index (χ3n) is 3.39. The van der Waals surface area contributed by atoms with Gasteiger partial charge in [-0.05, 0) is 17.5 Å². The van der Waals surface area contributed by atoms with E-state index in [1.54, 1.807) is 25.1 Å². The molecule has 21 heavy (non-hydrogen) atoms. The van der Waals surface area contributed by atoms with Crippen LogP contribution in [0.1, 0.15) is 34.1 Å². The Morgan fingerprint density at radius 2 is 1.86 bits per heavy atom. The zero-order valence-electron chi connectivity index (χ0n) is 13.0. The summed E-state index contributed by atoms with van der Waals surface area (Å²) in [6, 6.07) is 6.11. The molecule has 0 aromatic heterocycles. The van der Waals surface area contributed by atoms with Crippen molar-refractivity contribution in [2.45, 2.75) is 45.1 Å². The van der Waals surface area contributed by atoms with Gasteiger partial charge in [-0.25, -0.2) is 8.42 Å². The summed E-state index contributed by atoms with van der Waals surface area (Å²) in [5, 5.41) is 2.66. The Morgan fingerprint density at radius 1 is 1.29 bits per heavy atom. The number of nitrogens with one attached hydrogen (secondary N) is 1. The van der Waals surface area contributed by atoms with Crippen LogP contribution in [0.3, 0.4) is 0 Å². The van der Waals surface area contributed by atoms with E-state index in [9.17, 15) is 13.2 Å². The molecule has 0 fully saturated rings. The molecule has 0 aliphatic rings. The molecule has 0 radical (unpaired) electrons. The van der Waals surface area contributed by atoms with Gasteiger partial charge in [0.2, 0.25) is 5.91 Å². The van der Waals surface area contributed by atoms with E-state index < -0.39 is 9.84 Å². The van der Waals surface area contributed by atoms with Crippen LogP contribution in [0.25, 0.3) is 0 Å². The lowest BCUT2D eigenvalue weighted by atomic mass is 9.85. The Labute approximate surface area is 126 Å². The van der Waals surface area contributed by atoms with E-state index in [-0.39, 0.29) is 34.4 Å². The number of rotatable bonds is 5. The number of carbonyl (C=O) groups excluding carboxylic acids is 1. The Kier molecular flexibility index (Phi) is 5.53. The summed E-state index contributed by atoms with van der Waals surface area (Å²) in [4.78, 5) is 12.2. The van der Waals surface area contributed by atoms with Crippen LogP contribution < -0.4 is 11.1 Å². The highest BCUT2D eigenvalue weighted by Crippen LogP contribution is 2.24. The third-order valence-corrected chi connectivity index (χ3v) is 5.18. The largest absolute Gasteiger partial charge is 0.327 e. The summed E-state index contributed by atoms with van der Waals surface area (Å²) in [5.74, 6) is -0.294. The van der Waals surface area contributed by atoms with Crippen LogP contribution in [0.2, 0.25) is 0 Å². The van der Waals surface area contributed by atoms with E-state index in [1.807, 2.05) is 20.8 Å². The summed E-state index contributed by atoms with van der Waals surface area (Å²) in [7, 11) is -3.38. The standard InChI is InChI=1S/C15H24N2O3S/c1-5-21(19,20)12-9-7-6-8-11(12)17-14(18)10-13(16)15(2,3)4/h6-9,13H,5,10,16H2,1-4H3,(H,17,18). The molecule has 0 aliphatic carbocycles. The lowest BCUT2D eigenvalue weighted by Crippen LogP contribution is -2.38. The fraction of sp³-hybridized carbons (Fsp3) is 0.533. The van der Waals surface area contributed by atoms with E-state index in [2.05, 4.69) is 5.32 Å². The highest BCUT2D eigenvalue weighted by Gasteiger charge is 2.24. The highest BCUT2D eigenvalue weighted by molar-refractivity contribution is 7.91. The molecule has 0 saturated carbocycles. The third kappa shape index (κ3) is 4.82. The topological polar surface area (TPSA) is 89.3 Å². The van der Waals surface area contributed by atoms with Crippen molar-refractivity contribution in [2.24, 2.45) is 11.1 Å². The fourth-order valence-corrected chi connectivity index (χ4v) is 2.75. The van der Waals surface area contributed by atoms with Crippen molar-refractivity contribution in [3.05, 3.63) is 24.3 Å². The van der Waals surface area contributed by atoms with Crippen LogP contribution in [0.4, 0.5) is 5.69 Å². The molecule has 118 valence electrons. The van der Waals surface area contributed by atoms with E-state index >= 15 is 0 Å². The van der Waals surface area contributed by atoms with Crippen molar-refractivity contribution in [1.82, 2.24) is 0 Å². The Morgan fingerprint density at radius 3 is 2.38 bits per heavy atom. The highest BCUT2D eigenvalue weighted by atomic mass is 32.2. The average molecular weight is 312 g/mol. The number of nitrogens with two attached hydrogens (primary N) is 1. The fourth-order valence-electron chi connectivity index (χ4n) is 1.70. The van der Waals surface area contributed by atoms with Crippen molar-refractivity contribution in [3.8, 4) is 0 Å². The molecule has 0 aliphatic heterocycles. The van der Waals surface area contributed by atoms with Crippen LogP contribution in [0.5, 0.6) is 0 Å². The number of anilines is 1. The van der Waals surface area contributed by atoms with Gasteiger partial charge in [0.05, 0.1) is 16.3 Å². The van der Waals surface area contributed by atoms with Gasteiger partial charge in [-0.1, -0.05) is 39.8 Å². The first kappa shape index (κ1) is 17.7. The monoisotopic (exact) mass is 312 g/mol. The van der Waals surface area contributed by atoms with Crippen LogP contribution >= 0.6 is 0 Å². The molecule has 1 aromatic carbocycles. The molecule has 0 spiro atoms. The minimum absolute atomic E-state index is 0.0125. The maximum absolute atomic E-state index is 12.1. The number of para-hydroxylation sites is 1. The normalized spacial score (nSPS) is 13.8. The lowest BCUT2D eigenvalue weighted by molar-refractivity contribution is -0.117. The first-order chi connectivity index (χ1) is 9.58. The van der Waals surface area contributed by atoms with Gasteiger partial charge in [0.1, 0.15) is 0 Å². The first-order valence-corrected chi connectivity index (χ1v) is 8.60. The zero-order chi connectivity index (χ0) is 16.3. The summed E-state index contributed by atoms with van der Waals surface area (Å²) in [6.45, 7) is 7.45. The Balaban J connectivity index is 2.92. The predicted molar refractivity (Wildman–Crippen MR) is 84.8 cm³/mol. The van der Waals surface area contributed by atoms with Gasteiger partial charge < -0.3 is 11.1 Å². The molecule has 1 aromatic rings. The van der Waals surface area contributed by atoms with Crippen molar-refractivity contribution in [3.63, 3.8) is 0 Å². The molecular weight excluding hydrogens is 288 g/mol. The molecule has 6 heteroatoms. The lowest BCUT2D eigenvalue weighted by Gasteiger charge is -2.26. The smallest absolute Gasteiger partial charge is 0.225 e. The summed E-state index contributed by atoms with van der Waals surface area (Å²) >= 11 is 0. The van der Waals surface area contributed by atoms with Crippen molar-refractivity contribution in [2.75, 3.05) is 11.1 Å². The molecule has 1 amide bonds. The molecule has 1 rings (SSSR count). The number of hydrogen-bond donors (Lipinski definition) is 2. The van der Waals surface area contributed by atoms with Crippen LogP contribution in [-0.4, -0.2) is 26.1 Å². The van der Waals surface area contributed by atoms with E-state index in [0.29, 0.717) is 5.69 Å². The second-order valence-electron chi connectivity index (χ2n) is 6.12. The molecule has 1 unspecified atom stereocenters. The van der Waals surface area contributed by atoms with Crippen LogP contribution in [0, 0.1) is 5.41 Å². The van der Waals surface area contributed by atoms with Crippen molar-refractivity contribution < 1.29 is 13.2 Å². The number of carbonyl (C=O) groups is 1. The average Bonchev–Trinajstić information content (AvgIpc) is 2.37. The predicted octanol–water partition coefficient (Wildman–Crippen LogP) is 2.18. The Hall–Kier alpha value is -1.40. The number of sulfone groups is 1. The van der Waals surface area contributed by atoms with Gasteiger partial charge in [0.25, 0.3) is 0 Å². The quantitative estimate of drug-likeness (QED) is 0.872. The molecule has 1 atom stereocenters. The summed E-state index contributed by atoms with van der Waals surface area (Å²) < 4.78 is 24.0. The maximum atomic E-state index is 12.1. The van der Waals surface area contributed by atoms with Crippen LogP contribution in [-0.2, 0) is 14.6 Å². The molecular formula is C15H24N2O3S. The molecule has 0 heterocycles. The molecule has 0 bridgehead atoms. The zero-order valence-corrected chi connectivity index (χ0v) is 13.8. The molecule has 5 nitrogen and oxygen atoms in total. The van der Waals surface area contributed by atoms with Crippen molar-refractivity contribution >= 4 is 21.4 Å². The van der Waals surface area contributed by atoms with Gasteiger partial charge in [0.15, 0.2) is 9.84 Å². The van der Waals surface area contributed by atoms with Crippen LogP contribution in [0.15, 0.2) is 29.2 Å². The summed E-state index contributed by atoms with van der Waals surface area (Å²) in [6.07, 6.45) is 0.143. The van der Waals surface area contributed by atoms with Gasteiger partial charge in [-0.2, -0.15) is 0 Å². The second-order valence-corrected chi connectivity index (χ2v) is 8.37. The van der Waals surface area contributed by atoms with Gasteiger partial charge in [0, 0.05) is 12.5 Å². The number of hydrogen-bond acceptors (Lipinski definition) is 4. The second kappa shape index (κ2) is 6.58. The number of amides is 1. The summed E-state index contributed by atoms with van der Waals surface area (Å²) in [5.41, 5.74) is 6.10. The Bertz CT molecular complexity index is 604. The van der Waals surface area contributed by atoms with E-state index in [1.165, 1.54) is 6.07 Å². The molecule has 0 saturated heterocycles. The van der Waals surface area contributed by atoms with E-state index in [0.717, 1.165) is 0 Å². The van der Waals surface area contributed by atoms with E-state index in [4.69, 9.17) is 5.73 Å². The van der Waals surface area contributed by atoms with Gasteiger partial charge >= 0.3 is 0 Å². The van der Waals surface area contributed by atoms with Crippen molar-refractivity contribution in [1.29, 1.82) is 0 Å². The first-order valence-electron chi connectivity index (χ1n) is 6.95. The molecule has 3 N–H and O–H groups in total. The minimum Gasteiger partial charge on any atom is -0.327 e. The number of benzene rings is 1. The van der Waals surface area contributed by atoms with Gasteiger partial charge in [-0.3, -0.25) is 4.79 Å².